The van der Waals surface area contributed by atoms with Crippen LogP contribution < -0.4 is 20.7 Å². The largest absolute Gasteiger partial charge is 0.497 e. The van der Waals surface area contributed by atoms with Gasteiger partial charge in [-0.15, -0.1) is 0 Å². The van der Waals surface area contributed by atoms with Crippen LogP contribution in [0.2, 0.25) is 0 Å². The van der Waals surface area contributed by atoms with E-state index in [1.165, 1.54) is 0 Å². The minimum atomic E-state index is -0.108. The van der Waals surface area contributed by atoms with E-state index in [1.807, 2.05) is 6.92 Å². The van der Waals surface area contributed by atoms with Crippen LogP contribution in [0.15, 0.2) is 29.3 Å². The van der Waals surface area contributed by atoms with Gasteiger partial charge in [0.25, 0.3) is 5.91 Å². The van der Waals surface area contributed by atoms with E-state index < -0.39 is 0 Å². The summed E-state index contributed by atoms with van der Waals surface area (Å²) < 4.78 is 16.2. The first-order valence-electron chi connectivity index (χ1n) is 10.8. The number of methoxy groups -OCH3 is 1. The number of nitrogens with zero attached hydrogens (tertiary/aromatic N) is 1. The van der Waals surface area contributed by atoms with Crippen LogP contribution >= 0.6 is 0 Å². The Morgan fingerprint density at radius 3 is 2.57 bits per heavy atom. The van der Waals surface area contributed by atoms with Crippen molar-refractivity contribution in [1.29, 1.82) is 0 Å². The lowest BCUT2D eigenvalue weighted by atomic mass is 10.0. The summed E-state index contributed by atoms with van der Waals surface area (Å²) in [5.74, 6) is 2.01. The van der Waals surface area contributed by atoms with Gasteiger partial charge >= 0.3 is 0 Å². The summed E-state index contributed by atoms with van der Waals surface area (Å²) in [5.41, 5.74) is 0.608. The molecule has 8 heteroatoms. The van der Waals surface area contributed by atoms with Crippen molar-refractivity contribution in [3.8, 4) is 5.75 Å². The number of aliphatic imine (C=N–C) groups is 1. The molecule has 1 heterocycles. The predicted molar refractivity (Wildman–Crippen MR) is 118 cm³/mol. The lowest BCUT2D eigenvalue weighted by Gasteiger charge is -2.21. The van der Waals surface area contributed by atoms with Gasteiger partial charge in [-0.05, 0) is 56.4 Å². The number of nitrogens with one attached hydrogen (secondary N) is 3. The Morgan fingerprint density at radius 1 is 1.13 bits per heavy atom. The summed E-state index contributed by atoms with van der Waals surface area (Å²) in [6.45, 7) is 7.85. The average Bonchev–Trinajstić information content (AvgIpc) is 2.79. The van der Waals surface area contributed by atoms with Crippen molar-refractivity contribution >= 4 is 11.9 Å². The van der Waals surface area contributed by atoms with Gasteiger partial charge in [0, 0.05) is 58.2 Å². The number of carbonyl (C=O) groups is 1. The van der Waals surface area contributed by atoms with Crippen molar-refractivity contribution in [3.05, 3.63) is 29.8 Å². The van der Waals surface area contributed by atoms with E-state index in [4.69, 9.17) is 14.2 Å². The molecule has 0 spiro atoms. The first-order valence-corrected chi connectivity index (χ1v) is 10.8. The third-order valence-corrected chi connectivity index (χ3v) is 4.81. The molecule has 0 bridgehead atoms. The molecule has 1 aromatic carbocycles. The van der Waals surface area contributed by atoms with Crippen LogP contribution in [-0.2, 0) is 9.47 Å². The van der Waals surface area contributed by atoms with Crippen molar-refractivity contribution in [1.82, 2.24) is 16.0 Å². The van der Waals surface area contributed by atoms with Gasteiger partial charge in [-0.25, -0.2) is 0 Å². The third kappa shape index (κ3) is 9.45. The molecule has 3 N–H and O–H groups in total. The van der Waals surface area contributed by atoms with Crippen LogP contribution in [0.3, 0.4) is 0 Å². The first-order chi connectivity index (χ1) is 14.7. The normalized spacial score (nSPS) is 14.9. The molecule has 1 aliphatic heterocycles. The van der Waals surface area contributed by atoms with E-state index in [9.17, 15) is 4.79 Å². The van der Waals surface area contributed by atoms with Crippen molar-refractivity contribution < 1.29 is 19.0 Å². The molecule has 0 aliphatic carbocycles. The molecular weight excluding hydrogens is 384 g/mol. The minimum absolute atomic E-state index is 0.108. The first kappa shape index (κ1) is 24.0. The zero-order chi connectivity index (χ0) is 21.4. The highest BCUT2D eigenvalue weighted by molar-refractivity contribution is 5.94. The lowest BCUT2D eigenvalue weighted by molar-refractivity contribution is 0.0205. The number of amides is 1. The number of hydrogen-bond acceptors (Lipinski definition) is 5. The quantitative estimate of drug-likeness (QED) is 0.271. The molecule has 1 saturated heterocycles. The van der Waals surface area contributed by atoms with Crippen LogP contribution in [0, 0.1) is 5.92 Å². The molecule has 1 amide bonds. The maximum atomic E-state index is 12.2. The number of ether oxygens (including phenoxy) is 3. The van der Waals surface area contributed by atoms with E-state index in [2.05, 4.69) is 20.9 Å². The molecule has 0 saturated carbocycles. The van der Waals surface area contributed by atoms with Crippen molar-refractivity contribution in [3.63, 3.8) is 0 Å². The summed E-state index contributed by atoms with van der Waals surface area (Å²) >= 11 is 0. The van der Waals surface area contributed by atoms with Gasteiger partial charge in [0.15, 0.2) is 5.96 Å². The second-order valence-corrected chi connectivity index (χ2v) is 7.16. The average molecular weight is 421 g/mol. The Hall–Kier alpha value is -2.32. The van der Waals surface area contributed by atoms with Gasteiger partial charge in [-0.2, -0.15) is 0 Å². The molecule has 1 aromatic rings. The summed E-state index contributed by atoms with van der Waals surface area (Å²) in [6, 6.07) is 7.04. The molecule has 8 nitrogen and oxygen atoms in total. The Morgan fingerprint density at radius 2 is 1.87 bits per heavy atom. The Bertz CT molecular complexity index is 631. The smallest absolute Gasteiger partial charge is 0.251 e. The Balaban J connectivity index is 1.58. The number of benzene rings is 1. The van der Waals surface area contributed by atoms with E-state index >= 15 is 0 Å². The van der Waals surface area contributed by atoms with E-state index in [0.717, 1.165) is 63.9 Å². The summed E-state index contributed by atoms with van der Waals surface area (Å²) in [5, 5.41) is 9.35. The zero-order valence-corrected chi connectivity index (χ0v) is 18.2. The SMILES string of the molecule is CCNC(=NCCCOCC1CCOCC1)NCCNC(=O)c1ccc(OC)cc1. The fourth-order valence-corrected chi connectivity index (χ4v) is 3.06. The standard InChI is InChI=1S/C22H36N4O4/c1-3-23-22(25-11-4-14-30-17-18-9-15-29-16-10-18)26-13-12-24-21(27)19-5-7-20(28-2)8-6-19/h5-8,18H,3-4,9-17H2,1-2H3,(H,24,27)(H2,23,25,26). The Labute approximate surface area is 179 Å². The van der Waals surface area contributed by atoms with Gasteiger partial charge in [-0.3, -0.25) is 9.79 Å². The van der Waals surface area contributed by atoms with Crippen LogP contribution in [0.5, 0.6) is 5.75 Å². The third-order valence-electron chi connectivity index (χ3n) is 4.81. The predicted octanol–water partition coefficient (Wildman–Crippen LogP) is 1.81. The zero-order valence-electron chi connectivity index (χ0n) is 18.2. The van der Waals surface area contributed by atoms with Crippen LogP contribution in [-0.4, -0.2) is 71.6 Å². The Kier molecular flexibility index (Phi) is 11.7. The molecule has 0 aromatic heterocycles. The lowest BCUT2D eigenvalue weighted by Crippen LogP contribution is -2.41. The van der Waals surface area contributed by atoms with Crippen molar-refractivity contribution in [2.75, 3.05) is 59.7 Å². The molecule has 0 radical (unpaired) electrons. The maximum Gasteiger partial charge on any atom is 0.251 e. The van der Waals surface area contributed by atoms with Gasteiger partial charge in [0.05, 0.1) is 7.11 Å². The number of guanidine groups is 1. The molecular formula is C22H36N4O4. The van der Waals surface area contributed by atoms with E-state index in [1.54, 1.807) is 31.4 Å². The summed E-state index contributed by atoms with van der Waals surface area (Å²) in [7, 11) is 1.60. The van der Waals surface area contributed by atoms with Crippen LogP contribution in [0.25, 0.3) is 0 Å². The maximum absolute atomic E-state index is 12.2. The van der Waals surface area contributed by atoms with Crippen LogP contribution in [0.4, 0.5) is 0 Å². The molecule has 0 atom stereocenters. The van der Waals surface area contributed by atoms with E-state index in [-0.39, 0.29) is 5.91 Å². The second kappa shape index (κ2) is 14.6. The summed E-state index contributed by atoms with van der Waals surface area (Å²) in [6.07, 6.45) is 3.08. The molecule has 2 rings (SSSR count). The van der Waals surface area contributed by atoms with Crippen LogP contribution in [0.1, 0.15) is 36.5 Å². The fourth-order valence-electron chi connectivity index (χ4n) is 3.06. The topological polar surface area (TPSA) is 93.2 Å². The van der Waals surface area contributed by atoms with E-state index in [0.29, 0.717) is 31.1 Å². The van der Waals surface area contributed by atoms with Crippen molar-refractivity contribution in [2.45, 2.75) is 26.2 Å². The number of carbonyl (C=O) groups excluding carboxylic acids is 1. The molecule has 30 heavy (non-hydrogen) atoms. The fraction of sp³-hybridized carbons (Fsp3) is 0.636. The molecule has 0 unspecified atom stereocenters. The minimum Gasteiger partial charge on any atom is -0.497 e. The van der Waals surface area contributed by atoms with Gasteiger partial charge < -0.3 is 30.2 Å². The molecule has 1 fully saturated rings. The van der Waals surface area contributed by atoms with Gasteiger partial charge in [0.2, 0.25) is 0 Å². The number of rotatable bonds is 12. The second-order valence-electron chi connectivity index (χ2n) is 7.16. The highest BCUT2D eigenvalue weighted by Gasteiger charge is 2.13. The summed E-state index contributed by atoms with van der Waals surface area (Å²) in [4.78, 5) is 16.7. The van der Waals surface area contributed by atoms with Gasteiger partial charge in [0.1, 0.15) is 5.75 Å². The highest BCUT2D eigenvalue weighted by atomic mass is 16.5. The van der Waals surface area contributed by atoms with Gasteiger partial charge in [-0.1, -0.05) is 0 Å². The number of hydrogen-bond donors (Lipinski definition) is 3. The monoisotopic (exact) mass is 420 g/mol. The van der Waals surface area contributed by atoms with Crippen molar-refractivity contribution in [2.24, 2.45) is 10.9 Å². The molecule has 1 aliphatic rings. The molecule has 168 valence electrons. The highest BCUT2D eigenvalue weighted by Crippen LogP contribution is 2.14.